The van der Waals surface area contributed by atoms with Gasteiger partial charge in [-0.05, 0) is 93.5 Å². The van der Waals surface area contributed by atoms with Crippen molar-refractivity contribution in [1.29, 1.82) is 0 Å². The van der Waals surface area contributed by atoms with Crippen LogP contribution in [0.3, 0.4) is 0 Å². The van der Waals surface area contributed by atoms with Gasteiger partial charge >= 0.3 is 5.97 Å². The van der Waals surface area contributed by atoms with Crippen LogP contribution in [-0.4, -0.2) is 35.6 Å². The monoisotopic (exact) mass is 585 g/mol. The van der Waals surface area contributed by atoms with Gasteiger partial charge in [-0.15, -0.1) is 0 Å². The second-order valence-corrected chi connectivity index (χ2v) is 12.6. The van der Waals surface area contributed by atoms with E-state index in [2.05, 4.69) is 33.4 Å². The van der Waals surface area contributed by atoms with Crippen molar-refractivity contribution in [3.05, 3.63) is 100 Å². The number of amides is 1. The van der Waals surface area contributed by atoms with E-state index >= 15 is 0 Å². The maximum absolute atomic E-state index is 13.6. The lowest BCUT2D eigenvalue weighted by molar-refractivity contribution is -0.154. The lowest BCUT2D eigenvalue weighted by atomic mass is 9.95. The number of H-pyrrole nitrogens is 1. The number of rotatable bonds is 9. The van der Waals surface area contributed by atoms with Crippen molar-refractivity contribution in [1.82, 2.24) is 10.3 Å². The average Bonchev–Trinajstić information content (AvgIpc) is 3.37. The van der Waals surface area contributed by atoms with Gasteiger partial charge in [0.25, 0.3) is 0 Å². The first-order chi connectivity index (χ1) is 20.2. The van der Waals surface area contributed by atoms with Crippen LogP contribution in [0.2, 0.25) is 5.02 Å². The molecular formula is C35H40ClN3O3. The van der Waals surface area contributed by atoms with E-state index in [4.69, 9.17) is 16.3 Å². The fraction of sp³-hybridized carbons (Fsp3) is 0.371. The molecule has 2 heterocycles. The maximum atomic E-state index is 13.6. The minimum Gasteiger partial charge on any atom is -0.460 e. The molecule has 1 aliphatic heterocycles. The first-order valence-electron chi connectivity index (χ1n) is 14.9. The smallest absolute Gasteiger partial charge is 0.306 e. The number of hydrogen-bond acceptors (Lipinski definition) is 4. The molecule has 0 radical (unpaired) electrons. The minimum absolute atomic E-state index is 0.0707. The maximum Gasteiger partial charge on any atom is 0.306 e. The van der Waals surface area contributed by atoms with Crippen LogP contribution in [0.4, 0.5) is 5.69 Å². The normalized spacial score (nSPS) is 14.5. The van der Waals surface area contributed by atoms with Gasteiger partial charge in [0.05, 0.1) is 12.5 Å². The van der Waals surface area contributed by atoms with Crippen molar-refractivity contribution in [2.75, 3.05) is 18.0 Å². The van der Waals surface area contributed by atoms with Crippen molar-refractivity contribution in [2.45, 2.75) is 70.9 Å². The zero-order valence-electron chi connectivity index (χ0n) is 24.7. The van der Waals surface area contributed by atoms with Crippen molar-refractivity contribution >= 4 is 40.1 Å². The highest BCUT2D eigenvalue weighted by atomic mass is 35.5. The van der Waals surface area contributed by atoms with Crippen molar-refractivity contribution < 1.29 is 14.3 Å². The van der Waals surface area contributed by atoms with Gasteiger partial charge in [-0.2, -0.15) is 0 Å². The number of aryl methyl sites for hydroxylation is 1. The van der Waals surface area contributed by atoms with Gasteiger partial charge in [0.1, 0.15) is 5.60 Å². The summed E-state index contributed by atoms with van der Waals surface area (Å²) in [5, 5.41) is 5.00. The van der Waals surface area contributed by atoms with Crippen LogP contribution in [0.5, 0.6) is 0 Å². The van der Waals surface area contributed by atoms with E-state index in [1.54, 1.807) is 0 Å². The Balaban J connectivity index is 1.36. The summed E-state index contributed by atoms with van der Waals surface area (Å²) >= 11 is 6.53. The highest BCUT2D eigenvalue weighted by Crippen LogP contribution is 2.35. The van der Waals surface area contributed by atoms with Crippen LogP contribution in [0.25, 0.3) is 10.9 Å². The number of esters is 1. The number of aromatic nitrogens is 1. The summed E-state index contributed by atoms with van der Waals surface area (Å²) in [6.07, 6.45) is 6.59. The number of halogens is 1. The van der Waals surface area contributed by atoms with E-state index < -0.39 is 5.60 Å². The molecule has 7 heteroatoms. The summed E-state index contributed by atoms with van der Waals surface area (Å²) in [5.41, 5.74) is 5.56. The van der Waals surface area contributed by atoms with Gasteiger partial charge in [-0.25, -0.2) is 0 Å². The van der Waals surface area contributed by atoms with E-state index in [-0.39, 0.29) is 24.3 Å². The molecule has 3 aromatic carbocycles. The molecule has 0 bridgehead atoms. The van der Waals surface area contributed by atoms with Gasteiger partial charge in [0.15, 0.2) is 0 Å². The van der Waals surface area contributed by atoms with E-state index in [0.29, 0.717) is 17.9 Å². The van der Waals surface area contributed by atoms with Crippen LogP contribution in [0.15, 0.2) is 72.9 Å². The zero-order valence-corrected chi connectivity index (χ0v) is 25.5. The second-order valence-electron chi connectivity index (χ2n) is 12.1. The van der Waals surface area contributed by atoms with Crippen molar-refractivity contribution in [3.63, 3.8) is 0 Å². The number of carbonyl (C=O) groups is 2. The van der Waals surface area contributed by atoms with Crippen molar-refractivity contribution in [2.24, 2.45) is 0 Å². The number of hydrogen-bond donors (Lipinski definition) is 2. The number of carbonyl (C=O) groups excluding carboxylic acids is 2. The summed E-state index contributed by atoms with van der Waals surface area (Å²) in [6, 6.07) is 21.8. The summed E-state index contributed by atoms with van der Waals surface area (Å²) in [4.78, 5) is 31.6. The predicted molar refractivity (Wildman–Crippen MR) is 170 cm³/mol. The van der Waals surface area contributed by atoms with Gasteiger partial charge in [0, 0.05) is 52.9 Å². The number of anilines is 1. The number of nitrogens with one attached hydrogen (secondary N) is 2. The third-order valence-corrected chi connectivity index (χ3v) is 7.89. The Kier molecular flexibility index (Phi) is 9.22. The highest BCUT2D eigenvalue weighted by Gasteiger charge is 2.24. The molecule has 0 spiro atoms. The quantitative estimate of drug-likeness (QED) is 0.199. The summed E-state index contributed by atoms with van der Waals surface area (Å²) in [7, 11) is 0. The number of piperidine rings is 1. The van der Waals surface area contributed by atoms with Crippen LogP contribution in [-0.2, 0) is 27.2 Å². The average molecular weight is 586 g/mol. The molecule has 1 aromatic heterocycles. The number of aromatic amines is 1. The summed E-state index contributed by atoms with van der Waals surface area (Å²) < 4.78 is 5.48. The molecule has 1 fully saturated rings. The molecule has 0 aliphatic carbocycles. The number of fused-ring (bicyclic) bond motifs is 1. The fourth-order valence-electron chi connectivity index (χ4n) is 5.73. The number of ether oxygens (including phenoxy) is 1. The standard InChI is InChI=1S/C35H40ClN3O3/c1-35(2,3)42-33(41)17-13-26-23-37-30-15-12-24(20-28(26)30)21-32(40)38-34(25-10-6-4-7-11-25)29-22-27(36)14-16-31(29)39-18-8-5-9-19-39/h4,6-7,10-12,14-16,20,22-23,34,37H,5,8-9,13,17-19,21H2,1-3H3,(H,38,40). The van der Waals surface area contributed by atoms with E-state index in [0.717, 1.165) is 64.8 Å². The first-order valence-corrected chi connectivity index (χ1v) is 15.2. The molecule has 42 heavy (non-hydrogen) atoms. The first kappa shape index (κ1) is 29.7. The Hall–Kier alpha value is -3.77. The molecule has 1 aliphatic rings. The highest BCUT2D eigenvalue weighted by molar-refractivity contribution is 6.30. The number of benzene rings is 3. The lowest BCUT2D eigenvalue weighted by Crippen LogP contribution is -2.34. The zero-order chi connectivity index (χ0) is 29.7. The van der Waals surface area contributed by atoms with Gasteiger partial charge in [0.2, 0.25) is 5.91 Å². The summed E-state index contributed by atoms with van der Waals surface area (Å²) in [6.45, 7) is 7.61. The largest absolute Gasteiger partial charge is 0.460 e. The summed E-state index contributed by atoms with van der Waals surface area (Å²) in [5.74, 6) is -0.289. The predicted octanol–water partition coefficient (Wildman–Crippen LogP) is 7.53. The van der Waals surface area contributed by atoms with E-state index in [9.17, 15) is 9.59 Å². The Morgan fingerprint density at radius 1 is 1.00 bits per heavy atom. The van der Waals surface area contributed by atoms with Crippen LogP contribution < -0.4 is 10.2 Å². The topological polar surface area (TPSA) is 74.4 Å². The molecular weight excluding hydrogens is 546 g/mol. The van der Waals surface area contributed by atoms with Crippen LogP contribution in [0.1, 0.15) is 74.8 Å². The molecule has 5 rings (SSSR count). The molecule has 1 unspecified atom stereocenters. The number of nitrogens with zero attached hydrogens (tertiary/aromatic N) is 1. The molecule has 1 saturated heterocycles. The third kappa shape index (κ3) is 7.54. The van der Waals surface area contributed by atoms with Crippen LogP contribution in [0, 0.1) is 0 Å². The molecule has 1 amide bonds. The van der Waals surface area contributed by atoms with Gasteiger partial charge in [-0.3, -0.25) is 9.59 Å². The van der Waals surface area contributed by atoms with E-state index in [1.165, 1.54) is 6.42 Å². The molecule has 6 nitrogen and oxygen atoms in total. The fourth-order valence-corrected chi connectivity index (χ4v) is 5.92. The van der Waals surface area contributed by atoms with Gasteiger partial charge in [-0.1, -0.05) is 48.0 Å². The Labute approximate surface area is 253 Å². The molecule has 4 aromatic rings. The molecule has 2 N–H and O–H groups in total. The lowest BCUT2D eigenvalue weighted by Gasteiger charge is -2.33. The molecule has 220 valence electrons. The van der Waals surface area contributed by atoms with Crippen molar-refractivity contribution in [3.8, 4) is 0 Å². The molecule has 0 saturated carbocycles. The SMILES string of the molecule is CC(C)(C)OC(=O)CCc1c[nH]c2ccc(CC(=O)NC(c3ccccc3)c3cc(Cl)ccc3N3CCCCC3)cc12. The Bertz CT molecular complexity index is 1530. The second kappa shape index (κ2) is 13.0. The third-order valence-electron chi connectivity index (χ3n) is 7.65. The van der Waals surface area contributed by atoms with E-state index in [1.807, 2.05) is 75.5 Å². The van der Waals surface area contributed by atoms with Crippen LogP contribution >= 0.6 is 11.6 Å². The minimum atomic E-state index is -0.505. The molecule has 1 atom stereocenters. The Morgan fingerprint density at radius 3 is 2.50 bits per heavy atom. The van der Waals surface area contributed by atoms with Gasteiger partial charge < -0.3 is 19.9 Å². The Morgan fingerprint density at radius 2 is 1.76 bits per heavy atom.